The van der Waals surface area contributed by atoms with Crippen LogP contribution in [0.4, 0.5) is 0 Å². The molecule has 2 aromatic carbocycles. The van der Waals surface area contributed by atoms with Crippen molar-refractivity contribution in [1.29, 1.82) is 0 Å². The van der Waals surface area contributed by atoms with E-state index in [1.807, 2.05) is 43.6 Å². The molecule has 0 aliphatic carbocycles. The fourth-order valence-electron chi connectivity index (χ4n) is 3.90. The van der Waals surface area contributed by atoms with E-state index < -0.39 is 5.92 Å². The van der Waals surface area contributed by atoms with Crippen molar-refractivity contribution < 1.29 is 9.53 Å². The Balaban J connectivity index is 2.00. The van der Waals surface area contributed by atoms with Crippen LogP contribution >= 0.6 is 0 Å². The number of hydrogen-bond donors (Lipinski definition) is 2. The first kappa shape index (κ1) is 16.5. The molecule has 2 N–H and O–H groups in total. The molecule has 0 radical (unpaired) electrons. The van der Waals surface area contributed by atoms with Crippen LogP contribution < -0.4 is 0 Å². The van der Waals surface area contributed by atoms with E-state index in [1.54, 1.807) is 0 Å². The van der Waals surface area contributed by atoms with Gasteiger partial charge in [-0.1, -0.05) is 24.3 Å². The molecule has 0 bridgehead atoms. The molecule has 2 aromatic heterocycles. The van der Waals surface area contributed by atoms with E-state index in [4.69, 9.17) is 4.74 Å². The van der Waals surface area contributed by atoms with Crippen LogP contribution in [-0.4, -0.2) is 22.5 Å². The van der Waals surface area contributed by atoms with Crippen molar-refractivity contribution in [1.82, 2.24) is 9.97 Å². The van der Waals surface area contributed by atoms with Gasteiger partial charge < -0.3 is 14.7 Å². The van der Waals surface area contributed by atoms with Gasteiger partial charge in [-0.3, -0.25) is 4.79 Å². The number of rotatable bonds is 4. The number of hydrogen-bond acceptors (Lipinski definition) is 2. The van der Waals surface area contributed by atoms with E-state index in [2.05, 4.69) is 35.9 Å². The number of fused-ring (bicyclic) bond motifs is 2. The monoisotopic (exact) mass is 346 g/mol. The van der Waals surface area contributed by atoms with Crippen molar-refractivity contribution >= 4 is 27.8 Å². The number of carbonyl (C=O) groups is 1. The van der Waals surface area contributed by atoms with Crippen molar-refractivity contribution in [3.05, 3.63) is 71.0 Å². The number of aromatic amines is 2. The van der Waals surface area contributed by atoms with Crippen LogP contribution in [0.25, 0.3) is 21.8 Å². The summed E-state index contributed by atoms with van der Waals surface area (Å²) in [7, 11) is 0. The number of carbonyl (C=O) groups excluding carboxylic acids is 1. The lowest BCUT2D eigenvalue weighted by molar-refractivity contribution is -0.143. The Bertz CT molecular complexity index is 1020. The fourth-order valence-corrected chi connectivity index (χ4v) is 3.90. The predicted molar refractivity (Wildman–Crippen MR) is 105 cm³/mol. The minimum Gasteiger partial charge on any atom is -0.465 e. The number of aryl methyl sites for hydroxylation is 2. The number of H-pyrrole nitrogens is 2. The molecule has 4 nitrogen and oxygen atoms in total. The number of esters is 1. The van der Waals surface area contributed by atoms with E-state index in [0.717, 1.165) is 44.1 Å². The summed E-state index contributed by atoms with van der Waals surface area (Å²) in [6.45, 7) is 6.35. The van der Waals surface area contributed by atoms with Gasteiger partial charge in [-0.2, -0.15) is 0 Å². The Hall–Kier alpha value is -3.01. The summed E-state index contributed by atoms with van der Waals surface area (Å²) in [6.07, 6.45) is 3.88. The average molecular weight is 346 g/mol. The molecule has 0 aliphatic rings. The van der Waals surface area contributed by atoms with Gasteiger partial charge in [0.05, 0.1) is 6.61 Å². The number of nitrogens with one attached hydrogen (secondary N) is 2. The van der Waals surface area contributed by atoms with Gasteiger partial charge in [-0.05, 0) is 55.2 Å². The zero-order valence-corrected chi connectivity index (χ0v) is 15.2. The summed E-state index contributed by atoms with van der Waals surface area (Å²) in [4.78, 5) is 19.6. The molecule has 0 spiro atoms. The quantitative estimate of drug-likeness (QED) is 0.513. The van der Waals surface area contributed by atoms with Crippen LogP contribution in [0.1, 0.15) is 35.1 Å². The number of benzene rings is 2. The molecule has 0 aliphatic heterocycles. The maximum absolute atomic E-state index is 13.0. The van der Waals surface area contributed by atoms with Crippen molar-refractivity contribution in [2.45, 2.75) is 26.7 Å². The molecule has 132 valence electrons. The van der Waals surface area contributed by atoms with E-state index in [-0.39, 0.29) is 5.97 Å². The highest BCUT2D eigenvalue weighted by Crippen LogP contribution is 2.37. The average Bonchev–Trinajstić information content (AvgIpc) is 3.23. The van der Waals surface area contributed by atoms with Crippen LogP contribution in [-0.2, 0) is 9.53 Å². The second-order valence-electron chi connectivity index (χ2n) is 6.67. The Labute approximate surface area is 152 Å². The lowest BCUT2D eigenvalue weighted by Crippen LogP contribution is -2.17. The van der Waals surface area contributed by atoms with E-state index in [1.165, 1.54) is 0 Å². The summed E-state index contributed by atoms with van der Waals surface area (Å²) in [5.41, 5.74) is 6.27. The molecule has 4 aromatic rings. The van der Waals surface area contributed by atoms with Gasteiger partial charge in [0.15, 0.2) is 0 Å². The van der Waals surface area contributed by atoms with Crippen molar-refractivity contribution in [3.8, 4) is 0 Å². The zero-order chi connectivity index (χ0) is 18.3. The highest BCUT2D eigenvalue weighted by Gasteiger charge is 2.30. The third-order valence-corrected chi connectivity index (χ3v) is 5.03. The summed E-state index contributed by atoms with van der Waals surface area (Å²) < 4.78 is 5.46. The normalized spacial score (nSPS) is 11.5. The summed E-state index contributed by atoms with van der Waals surface area (Å²) in [5.74, 6) is -0.694. The zero-order valence-electron chi connectivity index (χ0n) is 15.2. The highest BCUT2D eigenvalue weighted by molar-refractivity contribution is 5.98. The van der Waals surface area contributed by atoms with Crippen molar-refractivity contribution in [3.63, 3.8) is 0 Å². The Morgan fingerprint density at radius 1 is 0.923 bits per heavy atom. The third-order valence-electron chi connectivity index (χ3n) is 5.03. The lowest BCUT2D eigenvalue weighted by Gasteiger charge is -2.16. The third kappa shape index (κ3) is 2.49. The minimum absolute atomic E-state index is 0.221. The molecule has 0 saturated carbocycles. The maximum atomic E-state index is 13.0. The minimum atomic E-state index is -0.473. The smallest absolute Gasteiger partial charge is 0.318 e. The van der Waals surface area contributed by atoms with Gasteiger partial charge in [-0.25, -0.2) is 0 Å². The van der Waals surface area contributed by atoms with Gasteiger partial charge in [0.1, 0.15) is 5.92 Å². The molecule has 2 heterocycles. The SMILES string of the molecule is CCOC(=O)C(c1c[nH]c2cccc(C)c12)c1c[nH]c2cccc(C)c12. The van der Waals surface area contributed by atoms with Gasteiger partial charge in [0, 0.05) is 34.2 Å². The molecule has 4 heteroatoms. The maximum Gasteiger partial charge on any atom is 0.318 e. The fraction of sp³-hybridized carbons (Fsp3) is 0.227. The van der Waals surface area contributed by atoms with Crippen LogP contribution in [0.2, 0.25) is 0 Å². The van der Waals surface area contributed by atoms with Crippen LogP contribution in [0, 0.1) is 13.8 Å². The molecule has 4 rings (SSSR count). The molecular formula is C22H22N2O2. The summed E-state index contributed by atoms with van der Waals surface area (Å²) >= 11 is 0. The van der Waals surface area contributed by atoms with Crippen molar-refractivity contribution in [2.24, 2.45) is 0 Å². The lowest BCUT2D eigenvalue weighted by atomic mass is 9.88. The molecule has 0 unspecified atom stereocenters. The number of aromatic nitrogens is 2. The van der Waals surface area contributed by atoms with E-state index >= 15 is 0 Å². The highest BCUT2D eigenvalue weighted by atomic mass is 16.5. The number of ether oxygens (including phenoxy) is 1. The second-order valence-corrected chi connectivity index (χ2v) is 6.67. The van der Waals surface area contributed by atoms with Gasteiger partial charge in [-0.15, -0.1) is 0 Å². The van der Waals surface area contributed by atoms with Crippen LogP contribution in [0.15, 0.2) is 48.8 Å². The molecule has 0 amide bonds. The van der Waals surface area contributed by atoms with Gasteiger partial charge in [0.25, 0.3) is 0 Å². The Morgan fingerprint density at radius 3 is 1.88 bits per heavy atom. The van der Waals surface area contributed by atoms with Crippen LogP contribution in [0.3, 0.4) is 0 Å². The molecular weight excluding hydrogens is 324 g/mol. The largest absolute Gasteiger partial charge is 0.465 e. The first-order valence-electron chi connectivity index (χ1n) is 8.91. The summed E-state index contributed by atoms with van der Waals surface area (Å²) in [5, 5.41) is 2.18. The first-order valence-corrected chi connectivity index (χ1v) is 8.91. The topological polar surface area (TPSA) is 57.9 Å². The Kier molecular flexibility index (Phi) is 4.03. The van der Waals surface area contributed by atoms with Gasteiger partial charge >= 0.3 is 5.97 Å². The molecule has 0 atom stereocenters. The first-order chi connectivity index (χ1) is 12.6. The van der Waals surface area contributed by atoms with E-state index in [9.17, 15) is 4.79 Å². The molecule has 26 heavy (non-hydrogen) atoms. The molecule has 0 fully saturated rings. The standard InChI is InChI=1S/C22H22N2O2/c1-4-26-22(25)21(15-11-23-17-9-5-7-13(2)19(15)17)16-12-24-18-10-6-8-14(3)20(16)18/h5-12,21,23-24H,4H2,1-3H3. The van der Waals surface area contributed by atoms with E-state index in [0.29, 0.717) is 6.61 Å². The predicted octanol–water partition coefficient (Wildman–Crippen LogP) is 4.96. The second kappa shape index (κ2) is 6.37. The van der Waals surface area contributed by atoms with Crippen molar-refractivity contribution in [2.75, 3.05) is 6.61 Å². The molecule has 0 saturated heterocycles. The van der Waals surface area contributed by atoms with Gasteiger partial charge in [0.2, 0.25) is 0 Å². The van der Waals surface area contributed by atoms with Crippen LogP contribution in [0.5, 0.6) is 0 Å². The summed E-state index contributed by atoms with van der Waals surface area (Å²) in [6, 6.07) is 12.3. The Morgan fingerprint density at radius 2 is 1.42 bits per heavy atom.